The van der Waals surface area contributed by atoms with Crippen molar-refractivity contribution in [2.24, 2.45) is 5.92 Å². The van der Waals surface area contributed by atoms with E-state index < -0.39 is 0 Å². The second-order valence-corrected chi connectivity index (χ2v) is 6.42. The average molecular weight is 262 g/mol. The Balaban J connectivity index is 1.66. The Hall–Kier alpha value is -0.870. The Bertz CT molecular complexity index is 412. The average Bonchev–Trinajstić information content (AvgIpc) is 3.02. The molecular formula is C15H26N4. The lowest BCUT2D eigenvalue weighted by Gasteiger charge is -2.23. The fourth-order valence-electron chi connectivity index (χ4n) is 3.64. The highest BCUT2D eigenvalue weighted by Gasteiger charge is 2.38. The van der Waals surface area contributed by atoms with Gasteiger partial charge < -0.3 is 9.88 Å². The van der Waals surface area contributed by atoms with Gasteiger partial charge in [-0.25, -0.2) is 4.98 Å². The van der Waals surface area contributed by atoms with E-state index in [1.165, 1.54) is 38.0 Å². The highest BCUT2D eigenvalue weighted by atomic mass is 15.3. The third-order valence-electron chi connectivity index (χ3n) is 4.53. The van der Waals surface area contributed by atoms with Crippen LogP contribution in [0.25, 0.3) is 0 Å². The van der Waals surface area contributed by atoms with Crippen LogP contribution in [-0.2, 0) is 6.54 Å². The van der Waals surface area contributed by atoms with Crippen molar-refractivity contribution in [2.75, 3.05) is 19.6 Å². The molecule has 2 fully saturated rings. The summed E-state index contributed by atoms with van der Waals surface area (Å²) >= 11 is 0. The molecule has 106 valence electrons. The maximum Gasteiger partial charge on any atom is 0.0951 e. The SMILES string of the molecule is CC(C)CNCc1cncn1C1CCN2CCCC12. The minimum Gasteiger partial charge on any atom is -0.329 e. The van der Waals surface area contributed by atoms with Crippen LogP contribution in [0, 0.1) is 5.92 Å². The molecular weight excluding hydrogens is 236 g/mol. The van der Waals surface area contributed by atoms with Crippen molar-refractivity contribution in [2.45, 2.75) is 51.7 Å². The van der Waals surface area contributed by atoms with Gasteiger partial charge in [0.05, 0.1) is 18.1 Å². The Morgan fingerprint density at radius 1 is 1.32 bits per heavy atom. The lowest BCUT2D eigenvalue weighted by Crippen LogP contribution is -2.29. The van der Waals surface area contributed by atoms with Gasteiger partial charge in [0.25, 0.3) is 0 Å². The molecule has 1 aromatic heterocycles. The molecule has 3 rings (SSSR count). The number of hydrogen-bond acceptors (Lipinski definition) is 3. The van der Waals surface area contributed by atoms with E-state index in [0.29, 0.717) is 12.0 Å². The third kappa shape index (κ3) is 2.70. The topological polar surface area (TPSA) is 33.1 Å². The molecule has 2 aliphatic rings. The Kier molecular flexibility index (Phi) is 3.89. The summed E-state index contributed by atoms with van der Waals surface area (Å²) in [6.07, 6.45) is 8.10. The van der Waals surface area contributed by atoms with Gasteiger partial charge in [-0.2, -0.15) is 0 Å². The number of aromatic nitrogens is 2. The molecule has 2 atom stereocenters. The Morgan fingerprint density at radius 2 is 2.21 bits per heavy atom. The number of imidazole rings is 1. The molecule has 4 nitrogen and oxygen atoms in total. The van der Waals surface area contributed by atoms with E-state index in [-0.39, 0.29) is 0 Å². The first kappa shape index (κ1) is 13.1. The van der Waals surface area contributed by atoms with E-state index in [2.05, 4.69) is 33.6 Å². The fraction of sp³-hybridized carbons (Fsp3) is 0.800. The molecule has 0 radical (unpaired) electrons. The van der Waals surface area contributed by atoms with E-state index in [0.717, 1.165) is 19.1 Å². The molecule has 0 aromatic carbocycles. The number of rotatable bonds is 5. The van der Waals surface area contributed by atoms with Crippen LogP contribution >= 0.6 is 0 Å². The van der Waals surface area contributed by atoms with Gasteiger partial charge in [0.1, 0.15) is 0 Å². The molecule has 19 heavy (non-hydrogen) atoms. The van der Waals surface area contributed by atoms with E-state index in [1.54, 1.807) is 0 Å². The Morgan fingerprint density at radius 3 is 3.05 bits per heavy atom. The minimum absolute atomic E-state index is 0.654. The van der Waals surface area contributed by atoms with E-state index in [4.69, 9.17) is 0 Å². The quantitative estimate of drug-likeness (QED) is 0.881. The number of nitrogens with one attached hydrogen (secondary N) is 1. The van der Waals surface area contributed by atoms with Crippen LogP contribution < -0.4 is 5.32 Å². The van der Waals surface area contributed by atoms with Crippen molar-refractivity contribution in [1.29, 1.82) is 0 Å². The van der Waals surface area contributed by atoms with Crippen LogP contribution in [-0.4, -0.2) is 40.1 Å². The summed E-state index contributed by atoms with van der Waals surface area (Å²) in [5, 5.41) is 3.54. The molecule has 0 saturated carbocycles. The summed E-state index contributed by atoms with van der Waals surface area (Å²) in [5.41, 5.74) is 1.35. The lowest BCUT2D eigenvalue weighted by atomic mass is 10.1. The fourth-order valence-corrected chi connectivity index (χ4v) is 3.64. The van der Waals surface area contributed by atoms with Gasteiger partial charge in [-0.15, -0.1) is 0 Å². The monoisotopic (exact) mass is 262 g/mol. The van der Waals surface area contributed by atoms with Crippen molar-refractivity contribution in [1.82, 2.24) is 19.8 Å². The van der Waals surface area contributed by atoms with E-state index in [9.17, 15) is 0 Å². The van der Waals surface area contributed by atoms with Crippen LogP contribution in [0.3, 0.4) is 0 Å². The first-order chi connectivity index (χ1) is 9.25. The van der Waals surface area contributed by atoms with Crippen molar-refractivity contribution < 1.29 is 0 Å². The maximum atomic E-state index is 4.38. The molecule has 1 aromatic rings. The molecule has 3 heterocycles. The van der Waals surface area contributed by atoms with Crippen LogP contribution in [0.4, 0.5) is 0 Å². The van der Waals surface area contributed by atoms with Crippen molar-refractivity contribution in [3.8, 4) is 0 Å². The molecule has 0 amide bonds. The van der Waals surface area contributed by atoms with E-state index >= 15 is 0 Å². The predicted molar refractivity (Wildman–Crippen MR) is 77.0 cm³/mol. The summed E-state index contributed by atoms with van der Waals surface area (Å²) in [5.74, 6) is 0.702. The van der Waals surface area contributed by atoms with Crippen molar-refractivity contribution >= 4 is 0 Å². The van der Waals surface area contributed by atoms with Crippen LogP contribution in [0.15, 0.2) is 12.5 Å². The zero-order valence-electron chi connectivity index (χ0n) is 12.2. The molecule has 2 unspecified atom stereocenters. The standard InChI is InChI=1S/C15H26N4/c1-12(2)8-16-9-13-10-17-11-19(13)15-5-7-18-6-3-4-14(15)18/h10-12,14-16H,3-9H2,1-2H3. The summed E-state index contributed by atoms with van der Waals surface area (Å²) in [7, 11) is 0. The molecule has 0 spiro atoms. The maximum absolute atomic E-state index is 4.38. The summed E-state index contributed by atoms with van der Waals surface area (Å²) < 4.78 is 2.43. The van der Waals surface area contributed by atoms with Gasteiger partial charge in [-0.1, -0.05) is 13.8 Å². The zero-order chi connectivity index (χ0) is 13.2. The summed E-state index contributed by atoms with van der Waals surface area (Å²) in [6.45, 7) is 9.09. The van der Waals surface area contributed by atoms with Gasteiger partial charge in [-0.3, -0.25) is 4.90 Å². The first-order valence-corrected chi connectivity index (χ1v) is 7.71. The molecule has 0 bridgehead atoms. The van der Waals surface area contributed by atoms with Crippen LogP contribution in [0.2, 0.25) is 0 Å². The van der Waals surface area contributed by atoms with Gasteiger partial charge in [-0.05, 0) is 38.3 Å². The molecule has 2 saturated heterocycles. The second kappa shape index (κ2) is 5.63. The number of fused-ring (bicyclic) bond motifs is 1. The van der Waals surface area contributed by atoms with Crippen LogP contribution in [0.1, 0.15) is 44.8 Å². The Labute approximate surface area is 116 Å². The normalized spacial score (nSPS) is 27.3. The summed E-state index contributed by atoms with van der Waals surface area (Å²) in [4.78, 5) is 7.05. The van der Waals surface area contributed by atoms with Crippen LogP contribution in [0.5, 0.6) is 0 Å². The zero-order valence-corrected chi connectivity index (χ0v) is 12.2. The molecule has 2 aliphatic heterocycles. The molecule has 4 heteroatoms. The van der Waals surface area contributed by atoms with Crippen molar-refractivity contribution in [3.05, 3.63) is 18.2 Å². The lowest BCUT2D eigenvalue weighted by molar-refractivity contribution is 0.287. The highest BCUT2D eigenvalue weighted by molar-refractivity contribution is 5.05. The highest BCUT2D eigenvalue weighted by Crippen LogP contribution is 2.36. The van der Waals surface area contributed by atoms with Crippen molar-refractivity contribution in [3.63, 3.8) is 0 Å². The van der Waals surface area contributed by atoms with E-state index in [1.807, 2.05) is 12.5 Å². The third-order valence-corrected chi connectivity index (χ3v) is 4.53. The predicted octanol–water partition coefficient (Wildman–Crippen LogP) is 2.04. The van der Waals surface area contributed by atoms with Gasteiger partial charge in [0, 0.05) is 25.3 Å². The van der Waals surface area contributed by atoms with Gasteiger partial charge >= 0.3 is 0 Å². The largest absolute Gasteiger partial charge is 0.329 e. The van der Waals surface area contributed by atoms with Gasteiger partial charge in [0.2, 0.25) is 0 Å². The number of nitrogens with zero attached hydrogens (tertiary/aromatic N) is 3. The number of hydrogen-bond donors (Lipinski definition) is 1. The summed E-state index contributed by atoms with van der Waals surface area (Å²) in [6, 6.07) is 1.42. The molecule has 1 N–H and O–H groups in total. The smallest absolute Gasteiger partial charge is 0.0951 e. The first-order valence-electron chi connectivity index (χ1n) is 7.71. The van der Waals surface area contributed by atoms with Gasteiger partial charge in [0.15, 0.2) is 0 Å². The molecule has 0 aliphatic carbocycles. The minimum atomic E-state index is 0.654. The second-order valence-electron chi connectivity index (χ2n) is 6.42.